The van der Waals surface area contributed by atoms with Crippen LogP contribution < -0.4 is 15.8 Å². The molecule has 0 aliphatic rings. The lowest BCUT2D eigenvalue weighted by atomic mass is 10.0. The summed E-state index contributed by atoms with van der Waals surface area (Å²) in [7, 11) is 0. The molecule has 0 fully saturated rings. The summed E-state index contributed by atoms with van der Waals surface area (Å²) >= 11 is 0. The van der Waals surface area contributed by atoms with E-state index >= 15 is 0 Å². The molecule has 2 aromatic carbocycles. The summed E-state index contributed by atoms with van der Waals surface area (Å²) < 4.78 is 20.3. The molecule has 0 amide bonds. The molecule has 29 heavy (non-hydrogen) atoms. The van der Waals surface area contributed by atoms with Gasteiger partial charge in [-0.3, -0.25) is 5.41 Å². The minimum atomic E-state index is -0.836. The van der Waals surface area contributed by atoms with E-state index in [0.717, 1.165) is 0 Å². The van der Waals surface area contributed by atoms with Crippen molar-refractivity contribution in [3.05, 3.63) is 77.2 Å². The SMILES string of the molecule is CCOc1cc(O)c(F)c(C(Nc2ccc(C(=N)N)cc2)c2cccc(O)n2)c1. The number of hydrogen-bond acceptors (Lipinski definition) is 6. The van der Waals surface area contributed by atoms with Crippen molar-refractivity contribution in [1.29, 1.82) is 5.41 Å². The normalized spacial score (nSPS) is 11.7. The lowest BCUT2D eigenvalue weighted by Gasteiger charge is -2.22. The molecular weight excluding hydrogens is 375 g/mol. The average molecular weight is 396 g/mol. The lowest BCUT2D eigenvalue weighted by molar-refractivity contribution is 0.334. The predicted octanol–water partition coefficient (Wildman–Crippen LogP) is 3.52. The molecule has 0 radical (unpaired) electrons. The Kier molecular flexibility index (Phi) is 5.82. The third kappa shape index (κ3) is 4.55. The molecule has 8 heteroatoms. The number of nitrogens with zero attached hydrogens (tertiary/aromatic N) is 1. The van der Waals surface area contributed by atoms with Crippen LogP contribution in [0.15, 0.2) is 54.6 Å². The van der Waals surface area contributed by atoms with Gasteiger partial charge in [-0.15, -0.1) is 0 Å². The monoisotopic (exact) mass is 396 g/mol. The minimum absolute atomic E-state index is 0.0665. The highest BCUT2D eigenvalue weighted by atomic mass is 19.1. The molecule has 6 N–H and O–H groups in total. The van der Waals surface area contributed by atoms with Crippen molar-refractivity contribution < 1.29 is 19.3 Å². The van der Waals surface area contributed by atoms with Gasteiger partial charge in [-0.05, 0) is 43.3 Å². The summed E-state index contributed by atoms with van der Waals surface area (Å²) in [6.45, 7) is 2.13. The average Bonchev–Trinajstić information content (AvgIpc) is 2.69. The zero-order chi connectivity index (χ0) is 21.0. The molecule has 1 heterocycles. The Bertz CT molecular complexity index is 1020. The summed E-state index contributed by atoms with van der Waals surface area (Å²) in [6, 6.07) is 13.2. The number of nitrogens with one attached hydrogen (secondary N) is 2. The highest BCUT2D eigenvalue weighted by Gasteiger charge is 2.23. The molecule has 1 unspecified atom stereocenters. The van der Waals surface area contributed by atoms with Gasteiger partial charge in [0.2, 0.25) is 5.88 Å². The van der Waals surface area contributed by atoms with Crippen LogP contribution in [-0.4, -0.2) is 27.6 Å². The maximum Gasteiger partial charge on any atom is 0.211 e. The number of pyridine rings is 1. The first-order valence-electron chi connectivity index (χ1n) is 8.91. The molecule has 0 saturated heterocycles. The molecule has 0 aliphatic carbocycles. The number of ether oxygens (including phenoxy) is 1. The zero-order valence-corrected chi connectivity index (χ0v) is 15.7. The minimum Gasteiger partial charge on any atom is -0.505 e. The Morgan fingerprint density at radius 2 is 1.93 bits per heavy atom. The summed E-state index contributed by atoms with van der Waals surface area (Å²) in [5.41, 5.74) is 7.07. The molecule has 1 aromatic heterocycles. The largest absolute Gasteiger partial charge is 0.505 e. The van der Waals surface area contributed by atoms with Crippen molar-refractivity contribution >= 4 is 11.5 Å². The van der Waals surface area contributed by atoms with Gasteiger partial charge >= 0.3 is 0 Å². The quantitative estimate of drug-likeness (QED) is 0.307. The van der Waals surface area contributed by atoms with E-state index in [-0.39, 0.29) is 17.3 Å². The Balaban J connectivity index is 2.08. The molecule has 0 bridgehead atoms. The van der Waals surface area contributed by atoms with Gasteiger partial charge in [-0.2, -0.15) is 0 Å². The number of benzene rings is 2. The maximum absolute atomic E-state index is 14.9. The van der Waals surface area contributed by atoms with Gasteiger partial charge in [0.05, 0.1) is 18.3 Å². The zero-order valence-electron chi connectivity index (χ0n) is 15.7. The Hall–Kier alpha value is -3.81. The smallest absolute Gasteiger partial charge is 0.211 e. The lowest BCUT2D eigenvalue weighted by Crippen LogP contribution is -2.16. The Morgan fingerprint density at radius 3 is 2.55 bits per heavy atom. The first kappa shape index (κ1) is 19.9. The van der Waals surface area contributed by atoms with Crippen LogP contribution in [0.4, 0.5) is 10.1 Å². The van der Waals surface area contributed by atoms with Crippen LogP contribution in [0.2, 0.25) is 0 Å². The van der Waals surface area contributed by atoms with Gasteiger partial charge in [0.1, 0.15) is 11.6 Å². The van der Waals surface area contributed by atoms with E-state index in [1.54, 1.807) is 43.3 Å². The summed E-state index contributed by atoms with van der Waals surface area (Å²) in [5.74, 6) is -1.35. The number of aromatic nitrogens is 1. The Labute approximate surface area is 167 Å². The molecule has 1 atom stereocenters. The number of phenols is 1. The van der Waals surface area contributed by atoms with Crippen LogP contribution in [-0.2, 0) is 0 Å². The summed E-state index contributed by atoms with van der Waals surface area (Å²) in [4.78, 5) is 4.09. The molecule has 0 saturated carbocycles. The molecular formula is C21H21FN4O3. The van der Waals surface area contributed by atoms with Crippen molar-refractivity contribution in [1.82, 2.24) is 4.98 Å². The first-order chi connectivity index (χ1) is 13.9. The van der Waals surface area contributed by atoms with E-state index in [2.05, 4.69) is 10.3 Å². The maximum atomic E-state index is 14.9. The fraction of sp³-hybridized carbons (Fsp3) is 0.143. The van der Waals surface area contributed by atoms with Crippen LogP contribution in [0.3, 0.4) is 0 Å². The number of aromatic hydroxyl groups is 2. The van der Waals surface area contributed by atoms with E-state index in [1.165, 1.54) is 18.2 Å². The topological polar surface area (TPSA) is 124 Å². The van der Waals surface area contributed by atoms with Crippen molar-refractivity contribution in [3.63, 3.8) is 0 Å². The fourth-order valence-electron chi connectivity index (χ4n) is 2.89. The van der Waals surface area contributed by atoms with Crippen LogP contribution in [0.25, 0.3) is 0 Å². The van der Waals surface area contributed by atoms with Gasteiger partial charge in [-0.1, -0.05) is 6.07 Å². The van der Waals surface area contributed by atoms with Crippen LogP contribution in [0.1, 0.15) is 29.8 Å². The van der Waals surface area contributed by atoms with Crippen molar-refractivity contribution in [2.24, 2.45) is 5.73 Å². The van der Waals surface area contributed by atoms with Crippen LogP contribution in [0, 0.1) is 11.2 Å². The first-order valence-corrected chi connectivity index (χ1v) is 8.91. The third-order valence-corrected chi connectivity index (χ3v) is 4.24. The molecule has 3 aromatic rings. The van der Waals surface area contributed by atoms with E-state index < -0.39 is 17.6 Å². The Morgan fingerprint density at radius 1 is 1.21 bits per heavy atom. The van der Waals surface area contributed by atoms with Gasteiger partial charge in [0.25, 0.3) is 0 Å². The second kappa shape index (κ2) is 8.47. The van der Waals surface area contributed by atoms with Gasteiger partial charge < -0.3 is 26.0 Å². The molecule has 150 valence electrons. The number of amidine groups is 1. The number of nitrogen functional groups attached to an aromatic ring is 1. The van der Waals surface area contributed by atoms with Crippen molar-refractivity contribution in [2.45, 2.75) is 13.0 Å². The number of nitrogens with two attached hydrogens (primary N) is 1. The second-order valence-electron chi connectivity index (χ2n) is 6.27. The predicted molar refractivity (Wildman–Crippen MR) is 108 cm³/mol. The fourth-order valence-corrected chi connectivity index (χ4v) is 2.89. The van der Waals surface area contributed by atoms with Crippen molar-refractivity contribution in [3.8, 4) is 17.4 Å². The van der Waals surface area contributed by atoms with Crippen LogP contribution >= 0.6 is 0 Å². The molecule has 0 spiro atoms. The molecule has 7 nitrogen and oxygen atoms in total. The highest BCUT2D eigenvalue weighted by molar-refractivity contribution is 5.95. The number of anilines is 1. The van der Waals surface area contributed by atoms with Crippen molar-refractivity contribution in [2.75, 3.05) is 11.9 Å². The second-order valence-corrected chi connectivity index (χ2v) is 6.27. The third-order valence-electron chi connectivity index (χ3n) is 4.24. The van der Waals surface area contributed by atoms with Crippen LogP contribution in [0.5, 0.6) is 17.4 Å². The van der Waals surface area contributed by atoms with E-state index in [1.807, 2.05) is 0 Å². The van der Waals surface area contributed by atoms with Gasteiger partial charge in [0.15, 0.2) is 11.6 Å². The van der Waals surface area contributed by atoms with E-state index in [9.17, 15) is 14.6 Å². The number of halogens is 1. The summed E-state index contributed by atoms with van der Waals surface area (Å²) in [5, 5.41) is 30.5. The standard InChI is InChI=1S/C21H21FN4O3/c1-2-29-14-10-15(19(22)17(27)11-14)20(16-4-3-5-18(28)26-16)25-13-8-6-12(7-9-13)21(23)24/h3-11,20,25,27H,2H2,1H3,(H3,23,24)(H,26,28). The van der Waals surface area contributed by atoms with E-state index in [4.69, 9.17) is 15.9 Å². The van der Waals surface area contributed by atoms with Gasteiger partial charge in [0, 0.05) is 28.9 Å². The number of hydrogen-bond donors (Lipinski definition) is 5. The molecule has 3 rings (SSSR count). The van der Waals surface area contributed by atoms with Gasteiger partial charge in [-0.25, -0.2) is 9.37 Å². The summed E-state index contributed by atoms with van der Waals surface area (Å²) in [6.07, 6.45) is 0. The number of phenolic OH excluding ortho intramolecular Hbond substituents is 1. The highest BCUT2D eigenvalue weighted by Crippen LogP contribution is 2.35. The molecule has 0 aliphatic heterocycles. The number of rotatable bonds is 7. The van der Waals surface area contributed by atoms with E-state index in [0.29, 0.717) is 29.3 Å².